The number of benzene rings is 3. The van der Waals surface area contributed by atoms with Crippen LogP contribution in [-0.4, -0.2) is 4.98 Å². The minimum atomic E-state index is -0.134. The summed E-state index contributed by atoms with van der Waals surface area (Å²) in [6.07, 6.45) is 9.61. The van der Waals surface area contributed by atoms with Crippen LogP contribution < -0.4 is 0 Å². The molecule has 0 radical (unpaired) electrons. The maximum absolute atomic E-state index is 15.1. The highest BCUT2D eigenvalue weighted by atomic mass is 35.5. The van der Waals surface area contributed by atoms with E-state index in [-0.39, 0.29) is 5.82 Å². The molecule has 0 aliphatic carbocycles. The minimum absolute atomic E-state index is 0.134. The summed E-state index contributed by atoms with van der Waals surface area (Å²) >= 11 is 5.94. The number of fused-ring (bicyclic) bond motifs is 1. The van der Waals surface area contributed by atoms with Gasteiger partial charge in [-0.2, -0.15) is 0 Å². The molecule has 31 heavy (non-hydrogen) atoms. The summed E-state index contributed by atoms with van der Waals surface area (Å²) in [5.41, 5.74) is 5.02. The molecule has 4 rings (SSSR count). The average Bonchev–Trinajstić information content (AvgIpc) is 2.80. The molecule has 0 amide bonds. The second-order valence-electron chi connectivity index (χ2n) is 7.76. The van der Waals surface area contributed by atoms with Gasteiger partial charge in [-0.25, -0.2) is 4.39 Å². The predicted molar refractivity (Wildman–Crippen MR) is 129 cm³/mol. The Labute approximate surface area is 188 Å². The number of aromatic nitrogens is 1. The molecule has 0 saturated carbocycles. The zero-order chi connectivity index (χ0) is 21.6. The summed E-state index contributed by atoms with van der Waals surface area (Å²) in [7, 11) is 0. The topological polar surface area (TPSA) is 12.9 Å². The molecule has 0 unspecified atom stereocenters. The first-order chi connectivity index (χ1) is 15.1. The van der Waals surface area contributed by atoms with Crippen molar-refractivity contribution in [2.24, 2.45) is 0 Å². The summed E-state index contributed by atoms with van der Waals surface area (Å²) in [5, 5.41) is 2.26. The molecule has 156 valence electrons. The summed E-state index contributed by atoms with van der Waals surface area (Å²) < 4.78 is 15.1. The Morgan fingerprint density at radius 3 is 2.42 bits per heavy atom. The van der Waals surface area contributed by atoms with Gasteiger partial charge in [-0.1, -0.05) is 66.2 Å². The van der Waals surface area contributed by atoms with Crippen molar-refractivity contribution >= 4 is 22.4 Å². The van der Waals surface area contributed by atoms with Gasteiger partial charge >= 0.3 is 0 Å². The molecule has 4 aromatic rings. The van der Waals surface area contributed by atoms with E-state index in [1.807, 2.05) is 73.8 Å². The van der Waals surface area contributed by atoms with Crippen molar-refractivity contribution in [2.75, 3.05) is 0 Å². The van der Waals surface area contributed by atoms with Gasteiger partial charge in [-0.05, 0) is 78.9 Å². The van der Waals surface area contributed by atoms with Crippen LogP contribution in [0.3, 0.4) is 0 Å². The lowest BCUT2D eigenvalue weighted by molar-refractivity contribution is 0.620. The van der Waals surface area contributed by atoms with Gasteiger partial charge in [0.25, 0.3) is 0 Å². The first kappa shape index (κ1) is 21.3. The van der Waals surface area contributed by atoms with E-state index in [4.69, 9.17) is 11.6 Å². The van der Waals surface area contributed by atoms with E-state index in [0.29, 0.717) is 16.8 Å². The van der Waals surface area contributed by atoms with Crippen LogP contribution in [0.2, 0.25) is 5.02 Å². The van der Waals surface area contributed by atoms with Crippen LogP contribution in [0, 0.1) is 5.82 Å². The lowest BCUT2D eigenvalue weighted by Crippen LogP contribution is -1.96. The summed E-state index contributed by atoms with van der Waals surface area (Å²) in [6.45, 7) is 2.03. The van der Waals surface area contributed by atoms with Gasteiger partial charge in [0.15, 0.2) is 0 Å². The van der Waals surface area contributed by atoms with Gasteiger partial charge in [0, 0.05) is 22.2 Å². The van der Waals surface area contributed by atoms with Crippen molar-refractivity contribution in [2.45, 2.75) is 32.6 Å². The lowest BCUT2D eigenvalue weighted by Gasteiger charge is -2.09. The Morgan fingerprint density at radius 2 is 1.68 bits per heavy atom. The number of nitrogens with zero attached hydrogens (tertiary/aromatic N) is 1. The molecule has 0 fully saturated rings. The minimum Gasteiger partial charge on any atom is -0.256 e. The number of aryl methyl sites for hydroxylation is 3. The van der Waals surface area contributed by atoms with Gasteiger partial charge in [0.2, 0.25) is 0 Å². The smallest absolute Gasteiger partial charge is 0.134 e. The Kier molecular flexibility index (Phi) is 6.79. The van der Waals surface area contributed by atoms with Crippen molar-refractivity contribution in [3.63, 3.8) is 0 Å². The summed E-state index contributed by atoms with van der Waals surface area (Å²) in [5.74, 6) is -0.134. The van der Waals surface area contributed by atoms with Gasteiger partial charge in [-0.3, -0.25) is 4.98 Å². The number of halogens is 2. The fourth-order valence-electron chi connectivity index (χ4n) is 3.78. The molecule has 1 nitrogen and oxygen atoms in total. The molecule has 0 N–H and O–H groups in total. The number of rotatable bonds is 7. The molecule has 0 aliphatic rings. The number of pyridine rings is 1. The Balaban J connectivity index is 1.52. The highest BCUT2D eigenvalue weighted by Gasteiger charge is 2.10. The van der Waals surface area contributed by atoms with Crippen LogP contribution in [0.15, 0.2) is 85.1 Å². The largest absolute Gasteiger partial charge is 0.256 e. The maximum atomic E-state index is 15.1. The van der Waals surface area contributed by atoms with Gasteiger partial charge in [-0.15, -0.1) is 0 Å². The standard InChI is InChI=1S/C28H25ClFN/c1-2-3-4-5-21-9-17-27(31-19-21)24-13-16-26-23(18-24)12-11-22(28(26)30)10-6-20-7-14-25(29)15-8-20/h2-3,7-9,11-19H,4-6,10H2,1H3/b3-2+. The van der Waals surface area contributed by atoms with Crippen LogP contribution in [0.1, 0.15) is 30.0 Å². The van der Waals surface area contributed by atoms with Crippen molar-refractivity contribution in [1.82, 2.24) is 4.98 Å². The van der Waals surface area contributed by atoms with Crippen molar-refractivity contribution in [3.05, 3.63) is 113 Å². The van der Waals surface area contributed by atoms with E-state index in [1.165, 1.54) is 5.56 Å². The van der Waals surface area contributed by atoms with Crippen LogP contribution in [0.25, 0.3) is 22.0 Å². The second kappa shape index (κ2) is 9.89. The first-order valence-corrected chi connectivity index (χ1v) is 11.0. The van der Waals surface area contributed by atoms with Crippen LogP contribution >= 0.6 is 11.6 Å². The van der Waals surface area contributed by atoms with Gasteiger partial charge in [0.05, 0.1) is 5.69 Å². The third-order valence-corrected chi connectivity index (χ3v) is 5.84. The average molecular weight is 430 g/mol. The third-order valence-electron chi connectivity index (χ3n) is 5.59. The zero-order valence-corrected chi connectivity index (χ0v) is 18.4. The van der Waals surface area contributed by atoms with E-state index in [0.717, 1.165) is 47.0 Å². The van der Waals surface area contributed by atoms with E-state index < -0.39 is 0 Å². The normalized spacial score (nSPS) is 11.5. The maximum Gasteiger partial charge on any atom is 0.134 e. The number of allylic oxidation sites excluding steroid dienone is 2. The van der Waals surface area contributed by atoms with Gasteiger partial charge < -0.3 is 0 Å². The van der Waals surface area contributed by atoms with Crippen LogP contribution in [0.4, 0.5) is 4.39 Å². The molecule has 1 aromatic heterocycles. The molecular weight excluding hydrogens is 405 g/mol. The Hall–Kier alpha value is -2.97. The van der Waals surface area contributed by atoms with Crippen LogP contribution in [-0.2, 0) is 19.3 Å². The molecule has 0 aliphatic heterocycles. The highest BCUT2D eigenvalue weighted by Crippen LogP contribution is 2.27. The molecule has 0 bridgehead atoms. The Bertz CT molecular complexity index is 1190. The molecule has 0 atom stereocenters. The molecule has 0 saturated heterocycles. The highest BCUT2D eigenvalue weighted by molar-refractivity contribution is 6.30. The van der Waals surface area contributed by atoms with E-state index >= 15 is 4.39 Å². The fraction of sp³-hybridized carbons (Fsp3) is 0.179. The van der Waals surface area contributed by atoms with Crippen molar-refractivity contribution < 1.29 is 4.39 Å². The van der Waals surface area contributed by atoms with E-state index in [2.05, 4.69) is 23.2 Å². The Morgan fingerprint density at radius 1 is 0.871 bits per heavy atom. The quantitative estimate of drug-likeness (QED) is 0.271. The van der Waals surface area contributed by atoms with Crippen molar-refractivity contribution in [1.29, 1.82) is 0 Å². The fourth-order valence-corrected chi connectivity index (χ4v) is 3.91. The van der Waals surface area contributed by atoms with Crippen LogP contribution in [0.5, 0.6) is 0 Å². The zero-order valence-electron chi connectivity index (χ0n) is 17.6. The SMILES string of the molecule is C/C=C/CCc1ccc(-c2ccc3c(F)c(CCc4ccc(Cl)cc4)ccc3c2)nc1. The third kappa shape index (κ3) is 5.21. The van der Waals surface area contributed by atoms with Crippen molar-refractivity contribution in [3.8, 4) is 11.3 Å². The predicted octanol–water partition coefficient (Wildman–Crippen LogP) is 7.99. The second-order valence-corrected chi connectivity index (χ2v) is 8.20. The lowest BCUT2D eigenvalue weighted by atomic mass is 9.98. The van der Waals surface area contributed by atoms with Gasteiger partial charge in [0.1, 0.15) is 5.82 Å². The number of hydrogen-bond donors (Lipinski definition) is 0. The molecule has 3 heteroatoms. The van der Waals surface area contributed by atoms with E-state index in [9.17, 15) is 0 Å². The molecule has 1 heterocycles. The summed E-state index contributed by atoms with van der Waals surface area (Å²) in [4.78, 5) is 4.62. The van der Waals surface area contributed by atoms with E-state index in [1.54, 1.807) is 0 Å². The first-order valence-electron chi connectivity index (χ1n) is 10.7. The molecular formula is C28H25ClFN. The number of hydrogen-bond acceptors (Lipinski definition) is 1. The monoisotopic (exact) mass is 429 g/mol. The summed E-state index contributed by atoms with van der Waals surface area (Å²) in [6, 6.07) is 21.6. The molecule has 3 aromatic carbocycles. The molecule has 0 spiro atoms.